The van der Waals surface area contributed by atoms with Crippen molar-refractivity contribution in [3.63, 3.8) is 0 Å². The molecule has 3 nitrogen and oxygen atoms in total. The lowest BCUT2D eigenvalue weighted by molar-refractivity contribution is -0.0699. The van der Waals surface area contributed by atoms with Crippen LogP contribution in [0.1, 0.15) is 27.7 Å². The lowest BCUT2D eigenvalue weighted by Crippen LogP contribution is -2.52. The first kappa shape index (κ1) is 20.6. The summed E-state index contributed by atoms with van der Waals surface area (Å²) in [5, 5.41) is 2.88. The molecule has 2 aromatic carbocycles. The van der Waals surface area contributed by atoms with Gasteiger partial charge in [-0.1, -0.05) is 93.2 Å². The number of benzene rings is 2. The third-order valence-electron chi connectivity index (χ3n) is 4.66. The smallest absolute Gasteiger partial charge is 0.240 e. The molecule has 1 fully saturated rings. The van der Waals surface area contributed by atoms with E-state index in [2.05, 4.69) is 81.4 Å². The topological polar surface area (TPSA) is 27.7 Å². The Hall–Kier alpha value is -1.11. The minimum absolute atomic E-state index is 0.0109. The molecule has 146 valence electrons. The minimum atomic E-state index is -1.81. The standard InChI is InChI=1S/C22H30O3SSi/c1-5-23-21-24-16-19(26-21)20(22(2,3)4)25-27(17-12-8-6-9-13-17)18-14-10-7-11-15-18/h6-15,19-21,27H,5,16H2,1-4H3. The van der Waals surface area contributed by atoms with Gasteiger partial charge in [-0.05, 0) is 22.7 Å². The van der Waals surface area contributed by atoms with Gasteiger partial charge in [-0.15, -0.1) is 0 Å². The first-order chi connectivity index (χ1) is 13.0. The summed E-state index contributed by atoms with van der Waals surface area (Å²) in [6, 6.07) is 21.3. The maximum Gasteiger partial charge on any atom is 0.240 e. The Labute approximate surface area is 169 Å². The first-order valence-corrected chi connectivity index (χ1v) is 12.2. The van der Waals surface area contributed by atoms with Crippen molar-refractivity contribution in [2.45, 2.75) is 44.7 Å². The molecule has 0 N–H and O–H groups in total. The maximum absolute atomic E-state index is 6.98. The molecule has 1 saturated heterocycles. The Balaban J connectivity index is 1.87. The van der Waals surface area contributed by atoms with Crippen molar-refractivity contribution >= 4 is 31.2 Å². The molecule has 0 bridgehead atoms. The van der Waals surface area contributed by atoms with Crippen LogP contribution in [0.2, 0.25) is 0 Å². The van der Waals surface area contributed by atoms with Gasteiger partial charge in [-0.25, -0.2) is 0 Å². The predicted octanol–water partition coefficient (Wildman–Crippen LogP) is 3.41. The summed E-state index contributed by atoms with van der Waals surface area (Å²) in [6.45, 7) is 10.1. The maximum atomic E-state index is 6.98. The van der Waals surface area contributed by atoms with Crippen molar-refractivity contribution in [3.8, 4) is 0 Å². The van der Waals surface area contributed by atoms with Gasteiger partial charge in [0.05, 0.1) is 18.0 Å². The zero-order chi connectivity index (χ0) is 19.3. The van der Waals surface area contributed by atoms with Crippen LogP contribution in [-0.4, -0.2) is 39.2 Å². The average Bonchev–Trinajstić information content (AvgIpc) is 3.11. The van der Waals surface area contributed by atoms with Crippen LogP contribution in [0, 0.1) is 5.41 Å². The molecule has 5 heteroatoms. The van der Waals surface area contributed by atoms with Gasteiger partial charge >= 0.3 is 0 Å². The van der Waals surface area contributed by atoms with Crippen molar-refractivity contribution in [2.75, 3.05) is 13.2 Å². The molecule has 0 saturated carbocycles. The van der Waals surface area contributed by atoms with Crippen LogP contribution in [0.3, 0.4) is 0 Å². The number of hydrogen-bond acceptors (Lipinski definition) is 4. The van der Waals surface area contributed by atoms with E-state index in [0.29, 0.717) is 13.2 Å². The Morgan fingerprint density at radius 3 is 2.07 bits per heavy atom. The summed E-state index contributed by atoms with van der Waals surface area (Å²) in [6.07, 6.45) is 0.0880. The van der Waals surface area contributed by atoms with E-state index in [-0.39, 0.29) is 22.4 Å². The van der Waals surface area contributed by atoms with Crippen LogP contribution >= 0.6 is 11.8 Å². The van der Waals surface area contributed by atoms with E-state index in [1.165, 1.54) is 10.4 Å². The van der Waals surface area contributed by atoms with Gasteiger partial charge in [0.15, 0.2) is 0 Å². The monoisotopic (exact) mass is 402 g/mol. The van der Waals surface area contributed by atoms with Crippen molar-refractivity contribution in [1.29, 1.82) is 0 Å². The summed E-state index contributed by atoms with van der Waals surface area (Å²) < 4.78 is 18.5. The van der Waals surface area contributed by atoms with Crippen molar-refractivity contribution < 1.29 is 13.9 Å². The predicted molar refractivity (Wildman–Crippen MR) is 116 cm³/mol. The van der Waals surface area contributed by atoms with Gasteiger partial charge in [-0.3, -0.25) is 0 Å². The molecule has 0 spiro atoms. The molecule has 3 atom stereocenters. The van der Waals surface area contributed by atoms with E-state index >= 15 is 0 Å². The largest absolute Gasteiger partial charge is 0.406 e. The molecular formula is C22H30O3SSi. The summed E-state index contributed by atoms with van der Waals surface area (Å²) >= 11 is 1.76. The van der Waals surface area contributed by atoms with E-state index in [1.807, 2.05) is 6.92 Å². The van der Waals surface area contributed by atoms with Crippen LogP contribution < -0.4 is 10.4 Å². The number of thioether (sulfide) groups is 1. The van der Waals surface area contributed by atoms with Gasteiger partial charge in [0, 0.05) is 6.61 Å². The van der Waals surface area contributed by atoms with Gasteiger partial charge in [0.1, 0.15) is 0 Å². The van der Waals surface area contributed by atoms with E-state index in [4.69, 9.17) is 13.9 Å². The van der Waals surface area contributed by atoms with Crippen molar-refractivity contribution in [1.82, 2.24) is 0 Å². The Kier molecular flexibility index (Phi) is 7.17. The molecule has 3 rings (SSSR count). The van der Waals surface area contributed by atoms with Gasteiger partial charge in [0.25, 0.3) is 0 Å². The van der Waals surface area contributed by atoms with Crippen LogP contribution in [0.15, 0.2) is 60.7 Å². The minimum Gasteiger partial charge on any atom is -0.406 e. The highest BCUT2D eigenvalue weighted by Crippen LogP contribution is 2.38. The molecule has 27 heavy (non-hydrogen) atoms. The fraction of sp³-hybridized carbons (Fsp3) is 0.455. The summed E-state index contributed by atoms with van der Waals surface area (Å²) in [5.41, 5.74) is -0.168. The van der Waals surface area contributed by atoms with E-state index in [0.717, 1.165) is 0 Å². The third-order valence-corrected chi connectivity index (χ3v) is 8.44. The summed E-state index contributed by atoms with van der Waals surface area (Å²) in [5.74, 6) is 0. The van der Waals surface area contributed by atoms with Gasteiger partial charge in [-0.2, -0.15) is 0 Å². The number of ether oxygens (including phenoxy) is 2. The first-order valence-electron chi connectivity index (χ1n) is 9.63. The van der Waals surface area contributed by atoms with Gasteiger partial charge < -0.3 is 13.9 Å². The molecule has 2 aromatic rings. The quantitative estimate of drug-likeness (QED) is 0.664. The van der Waals surface area contributed by atoms with Crippen molar-refractivity contribution in [3.05, 3.63) is 60.7 Å². The molecular weight excluding hydrogens is 372 g/mol. The Morgan fingerprint density at radius 2 is 1.59 bits per heavy atom. The zero-order valence-electron chi connectivity index (χ0n) is 16.6. The second-order valence-corrected chi connectivity index (χ2v) is 11.5. The average molecular weight is 403 g/mol. The highest BCUT2D eigenvalue weighted by molar-refractivity contribution is 8.00. The molecule has 0 aromatic heterocycles. The molecule has 0 amide bonds. The molecule has 0 aliphatic carbocycles. The fourth-order valence-corrected chi connectivity index (χ4v) is 7.66. The van der Waals surface area contributed by atoms with Crippen LogP contribution in [-0.2, 0) is 13.9 Å². The molecule has 1 aliphatic heterocycles. The fourth-order valence-electron chi connectivity index (χ4n) is 3.38. The lowest BCUT2D eigenvalue weighted by Gasteiger charge is -2.37. The van der Waals surface area contributed by atoms with Crippen LogP contribution in [0.25, 0.3) is 0 Å². The van der Waals surface area contributed by atoms with E-state index < -0.39 is 9.04 Å². The van der Waals surface area contributed by atoms with Crippen LogP contribution in [0.4, 0.5) is 0 Å². The van der Waals surface area contributed by atoms with E-state index in [9.17, 15) is 0 Å². The SMILES string of the molecule is CCOC1OCC(C(O[SiH](c2ccccc2)c2ccccc2)C(C)(C)C)S1. The second kappa shape index (κ2) is 9.39. The van der Waals surface area contributed by atoms with Crippen molar-refractivity contribution in [2.24, 2.45) is 5.41 Å². The molecule has 1 aliphatic rings. The summed E-state index contributed by atoms with van der Waals surface area (Å²) in [4.78, 5) is 0. The molecule has 3 unspecified atom stereocenters. The highest BCUT2D eigenvalue weighted by atomic mass is 32.2. The third kappa shape index (κ3) is 5.45. The molecule has 1 heterocycles. The van der Waals surface area contributed by atoms with Crippen LogP contribution in [0.5, 0.6) is 0 Å². The van der Waals surface area contributed by atoms with E-state index in [1.54, 1.807) is 11.8 Å². The Morgan fingerprint density at radius 1 is 1.04 bits per heavy atom. The molecule has 0 radical (unpaired) electrons. The lowest BCUT2D eigenvalue weighted by atomic mass is 9.87. The Bertz CT molecular complexity index is 650. The number of rotatable bonds is 7. The normalized spacial score (nSPS) is 21.5. The second-order valence-electron chi connectivity index (χ2n) is 7.88. The summed E-state index contributed by atoms with van der Waals surface area (Å²) in [7, 11) is -1.81. The zero-order valence-corrected chi connectivity index (χ0v) is 18.6. The highest BCUT2D eigenvalue weighted by Gasteiger charge is 2.41. The number of hydrogen-bond donors (Lipinski definition) is 0. The van der Waals surface area contributed by atoms with Gasteiger partial charge in [0.2, 0.25) is 14.7 Å².